The molecule has 0 saturated carbocycles. The Balaban J connectivity index is 2.75. The smallest absolute Gasteiger partial charge is 0.327 e. The standard InChI is InChI=1S/C10H8F12O3/c11-6(12,8(16,17)9(18,19)10(20,21)22)1-4-2-23-5(25-4)24-3-7(13,14)15/h4-5H,1-3H2. The predicted octanol–water partition coefficient (Wildman–Crippen LogP) is 4.12. The highest BCUT2D eigenvalue weighted by Gasteiger charge is 2.81. The van der Waals surface area contributed by atoms with Gasteiger partial charge in [0, 0.05) is 6.42 Å². The first kappa shape index (κ1) is 22.1. The highest BCUT2D eigenvalue weighted by Crippen LogP contribution is 2.54. The van der Waals surface area contributed by atoms with E-state index in [2.05, 4.69) is 14.2 Å². The molecule has 0 radical (unpaired) electrons. The lowest BCUT2D eigenvalue weighted by molar-refractivity contribution is -0.398. The molecule has 0 aromatic rings. The van der Waals surface area contributed by atoms with E-state index in [1.807, 2.05) is 0 Å². The Kier molecular flexibility index (Phi) is 5.87. The van der Waals surface area contributed by atoms with E-state index in [9.17, 15) is 52.7 Å². The van der Waals surface area contributed by atoms with Gasteiger partial charge < -0.3 is 14.2 Å². The predicted molar refractivity (Wildman–Crippen MR) is 52.1 cm³/mol. The van der Waals surface area contributed by atoms with Crippen molar-refractivity contribution in [2.24, 2.45) is 0 Å². The van der Waals surface area contributed by atoms with E-state index < -0.39 is 62.3 Å². The molecule has 0 aromatic heterocycles. The van der Waals surface area contributed by atoms with Gasteiger partial charge in [0.1, 0.15) is 6.61 Å². The maximum atomic E-state index is 13.3. The quantitative estimate of drug-likeness (QED) is 0.624. The number of halogens is 12. The van der Waals surface area contributed by atoms with Crippen LogP contribution in [0.5, 0.6) is 0 Å². The zero-order valence-electron chi connectivity index (χ0n) is 11.5. The first-order valence-corrected chi connectivity index (χ1v) is 6.06. The van der Waals surface area contributed by atoms with E-state index in [1.54, 1.807) is 0 Å². The topological polar surface area (TPSA) is 27.7 Å². The average Bonchev–Trinajstić information content (AvgIpc) is 2.80. The van der Waals surface area contributed by atoms with Gasteiger partial charge in [-0.3, -0.25) is 0 Å². The molecule has 1 aliphatic rings. The molecule has 0 spiro atoms. The van der Waals surface area contributed by atoms with Gasteiger partial charge in [0.15, 0.2) is 0 Å². The minimum absolute atomic E-state index is 1.09. The number of rotatable bonds is 6. The summed E-state index contributed by atoms with van der Waals surface area (Å²) in [6, 6.07) is 0. The first-order valence-electron chi connectivity index (χ1n) is 6.06. The summed E-state index contributed by atoms with van der Waals surface area (Å²) in [5.74, 6) is -19.8. The minimum atomic E-state index is -7.06. The van der Waals surface area contributed by atoms with Crippen molar-refractivity contribution in [2.75, 3.05) is 13.2 Å². The Morgan fingerprint density at radius 3 is 1.76 bits per heavy atom. The van der Waals surface area contributed by atoms with Crippen LogP contribution in [0.25, 0.3) is 0 Å². The third kappa shape index (κ3) is 4.81. The maximum absolute atomic E-state index is 13.3. The lowest BCUT2D eigenvalue weighted by Gasteiger charge is -2.34. The van der Waals surface area contributed by atoms with Crippen molar-refractivity contribution in [1.29, 1.82) is 0 Å². The Morgan fingerprint density at radius 2 is 1.32 bits per heavy atom. The number of alkyl halides is 12. The average molecular weight is 404 g/mol. The number of hydrogen-bond donors (Lipinski definition) is 0. The van der Waals surface area contributed by atoms with Crippen molar-refractivity contribution in [3.63, 3.8) is 0 Å². The van der Waals surface area contributed by atoms with Gasteiger partial charge in [-0.25, -0.2) is 0 Å². The van der Waals surface area contributed by atoms with Crippen LogP contribution in [0.1, 0.15) is 6.42 Å². The van der Waals surface area contributed by atoms with Gasteiger partial charge >= 0.3 is 30.1 Å². The van der Waals surface area contributed by atoms with E-state index in [1.165, 1.54) is 0 Å². The second-order valence-corrected chi connectivity index (χ2v) is 4.86. The molecule has 25 heavy (non-hydrogen) atoms. The molecule has 150 valence electrons. The van der Waals surface area contributed by atoms with Gasteiger partial charge in [-0.15, -0.1) is 0 Å². The monoisotopic (exact) mass is 404 g/mol. The van der Waals surface area contributed by atoms with Crippen LogP contribution in [-0.2, 0) is 14.2 Å². The summed E-state index contributed by atoms with van der Waals surface area (Å²) in [5.41, 5.74) is 0. The van der Waals surface area contributed by atoms with Crippen molar-refractivity contribution in [3.8, 4) is 0 Å². The van der Waals surface area contributed by atoms with Crippen LogP contribution in [-0.4, -0.2) is 55.9 Å². The molecule has 1 aliphatic heterocycles. The first-order chi connectivity index (χ1) is 10.9. The highest BCUT2D eigenvalue weighted by molar-refractivity contribution is 5.01. The molecule has 15 heteroatoms. The molecule has 2 atom stereocenters. The normalized spacial score (nSPS) is 24.0. The summed E-state index contributed by atoms with van der Waals surface area (Å²) in [4.78, 5) is 0. The van der Waals surface area contributed by atoms with E-state index in [0.717, 1.165) is 0 Å². The summed E-state index contributed by atoms with van der Waals surface area (Å²) < 4.78 is 161. The van der Waals surface area contributed by atoms with Gasteiger partial charge in [0.05, 0.1) is 12.7 Å². The Bertz CT molecular complexity index is 457. The molecular formula is C10H8F12O3. The van der Waals surface area contributed by atoms with E-state index in [0.29, 0.717) is 0 Å². The lowest BCUT2D eigenvalue weighted by atomic mass is 9.98. The maximum Gasteiger partial charge on any atom is 0.460 e. The Hall–Kier alpha value is -0.960. The molecule has 0 aromatic carbocycles. The number of hydrogen-bond acceptors (Lipinski definition) is 3. The molecule has 0 bridgehead atoms. The molecule has 1 saturated heterocycles. The third-order valence-corrected chi connectivity index (χ3v) is 2.80. The highest BCUT2D eigenvalue weighted by atomic mass is 19.4. The fourth-order valence-electron chi connectivity index (χ4n) is 1.60. The summed E-state index contributed by atoms with van der Waals surface area (Å²) in [7, 11) is 0. The summed E-state index contributed by atoms with van der Waals surface area (Å²) in [5, 5.41) is 0. The van der Waals surface area contributed by atoms with Gasteiger partial charge in [-0.2, -0.15) is 52.7 Å². The van der Waals surface area contributed by atoms with Gasteiger partial charge in [-0.05, 0) is 0 Å². The fourth-order valence-corrected chi connectivity index (χ4v) is 1.60. The molecular weight excluding hydrogens is 396 g/mol. The minimum Gasteiger partial charge on any atom is -0.327 e. The van der Waals surface area contributed by atoms with Crippen LogP contribution in [0, 0.1) is 0 Å². The summed E-state index contributed by atoms with van der Waals surface area (Å²) >= 11 is 0. The summed E-state index contributed by atoms with van der Waals surface area (Å²) in [6.07, 6.45) is -16.4. The van der Waals surface area contributed by atoms with E-state index in [-0.39, 0.29) is 0 Å². The molecule has 1 fully saturated rings. The molecule has 0 N–H and O–H groups in total. The van der Waals surface area contributed by atoms with Gasteiger partial charge in [-0.1, -0.05) is 0 Å². The van der Waals surface area contributed by atoms with E-state index >= 15 is 0 Å². The zero-order chi connectivity index (χ0) is 19.9. The van der Waals surface area contributed by atoms with Crippen molar-refractivity contribution in [2.45, 2.75) is 49.1 Å². The van der Waals surface area contributed by atoms with Crippen LogP contribution in [0.3, 0.4) is 0 Å². The Morgan fingerprint density at radius 1 is 0.800 bits per heavy atom. The molecule has 2 unspecified atom stereocenters. The second-order valence-electron chi connectivity index (χ2n) is 4.86. The van der Waals surface area contributed by atoms with Crippen molar-refractivity contribution < 1.29 is 66.9 Å². The molecule has 1 heterocycles. The molecule has 0 amide bonds. The van der Waals surface area contributed by atoms with Crippen molar-refractivity contribution >= 4 is 0 Å². The van der Waals surface area contributed by atoms with Crippen molar-refractivity contribution in [1.82, 2.24) is 0 Å². The van der Waals surface area contributed by atoms with Crippen LogP contribution < -0.4 is 0 Å². The van der Waals surface area contributed by atoms with Crippen LogP contribution in [0.15, 0.2) is 0 Å². The van der Waals surface area contributed by atoms with Crippen LogP contribution in [0.2, 0.25) is 0 Å². The largest absolute Gasteiger partial charge is 0.460 e. The van der Waals surface area contributed by atoms with Crippen molar-refractivity contribution in [3.05, 3.63) is 0 Å². The molecule has 0 aliphatic carbocycles. The molecule has 3 nitrogen and oxygen atoms in total. The fraction of sp³-hybridized carbons (Fsp3) is 1.00. The van der Waals surface area contributed by atoms with E-state index in [4.69, 9.17) is 0 Å². The lowest BCUT2D eigenvalue weighted by Crippen LogP contribution is -2.61. The Labute approximate surface area is 130 Å². The molecule has 1 rings (SSSR count). The van der Waals surface area contributed by atoms with Gasteiger partial charge in [0.2, 0.25) is 0 Å². The number of ether oxygens (including phenoxy) is 3. The van der Waals surface area contributed by atoms with Gasteiger partial charge in [0.25, 0.3) is 6.48 Å². The van der Waals surface area contributed by atoms with Crippen LogP contribution in [0.4, 0.5) is 52.7 Å². The summed E-state index contributed by atoms with van der Waals surface area (Å²) in [6.45, 7) is -5.28. The third-order valence-electron chi connectivity index (χ3n) is 2.80. The SMILES string of the molecule is FC(F)(F)COC1OCC(CC(F)(F)C(F)(F)C(F)(F)C(F)(F)F)O1. The second kappa shape index (κ2) is 6.64. The van der Waals surface area contributed by atoms with Crippen LogP contribution >= 0.6 is 0 Å². The zero-order valence-corrected chi connectivity index (χ0v) is 11.5.